The standard InChI is InChI=1S/C47H32N4/c1-4-16-31(17-5-1)45-48-46(32-18-6-2-7-19-32)50-47(49-45)39-27-15-29-42-44(39)43-38(26-14-28-41(43)51(42)34-21-8-3-9-22-34)40-30-33-20-10-11-23-35(33)36-24-12-13-25-37(36)40/h1-13,15-27,29-30H,14,28H2. The van der Waals surface area contributed by atoms with Crippen molar-refractivity contribution in [1.29, 1.82) is 0 Å². The molecule has 0 saturated heterocycles. The summed E-state index contributed by atoms with van der Waals surface area (Å²) in [6.45, 7) is 0. The zero-order chi connectivity index (χ0) is 33.7. The number of para-hydroxylation sites is 1. The molecular weight excluding hydrogens is 621 g/mol. The predicted octanol–water partition coefficient (Wildman–Crippen LogP) is 11.5. The molecule has 1 aliphatic carbocycles. The molecule has 51 heavy (non-hydrogen) atoms. The minimum atomic E-state index is 0.657. The smallest absolute Gasteiger partial charge is 0.164 e. The molecule has 0 amide bonds. The van der Waals surface area contributed by atoms with Crippen molar-refractivity contribution in [3.63, 3.8) is 0 Å². The van der Waals surface area contributed by atoms with Crippen molar-refractivity contribution < 1.29 is 0 Å². The van der Waals surface area contributed by atoms with E-state index in [2.05, 4.69) is 138 Å². The number of fused-ring (bicyclic) bond motifs is 6. The van der Waals surface area contributed by atoms with E-state index in [1.807, 2.05) is 36.4 Å². The first-order valence-electron chi connectivity index (χ1n) is 17.5. The normalized spacial score (nSPS) is 12.7. The van der Waals surface area contributed by atoms with E-state index in [-0.39, 0.29) is 0 Å². The van der Waals surface area contributed by atoms with Crippen molar-refractivity contribution in [3.05, 3.63) is 187 Å². The van der Waals surface area contributed by atoms with E-state index in [0.717, 1.165) is 46.1 Å². The molecule has 0 unspecified atom stereocenters. The van der Waals surface area contributed by atoms with E-state index in [4.69, 9.17) is 15.0 Å². The lowest BCUT2D eigenvalue weighted by Gasteiger charge is -2.20. The van der Waals surface area contributed by atoms with Crippen molar-refractivity contribution in [3.8, 4) is 39.9 Å². The summed E-state index contributed by atoms with van der Waals surface area (Å²) in [6.07, 6.45) is 4.32. The predicted molar refractivity (Wildman–Crippen MR) is 210 cm³/mol. The van der Waals surface area contributed by atoms with Crippen molar-refractivity contribution in [2.45, 2.75) is 12.8 Å². The van der Waals surface area contributed by atoms with E-state index in [1.165, 1.54) is 43.9 Å². The molecule has 0 atom stereocenters. The molecule has 0 fully saturated rings. The number of hydrogen-bond donors (Lipinski definition) is 0. The van der Waals surface area contributed by atoms with Crippen molar-refractivity contribution in [2.75, 3.05) is 0 Å². The molecule has 0 spiro atoms. The van der Waals surface area contributed by atoms with Crippen LogP contribution in [0.15, 0.2) is 170 Å². The minimum absolute atomic E-state index is 0.657. The first-order chi connectivity index (χ1) is 25.3. The topological polar surface area (TPSA) is 43.6 Å². The second kappa shape index (κ2) is 12.0. The van der Waals surface area contributed by atoms with E-state index in [9.17, 15) is 0 Å². The number of nitrogens with zero attached hydrogens (tertiary/aromatic N) is 4. The Bertz CT molecular complexity index is 2720. The summed E-state index contributed by atoms with van der Waals surface area (Å²) in [7, 11) is 0. The van der Waals surface area contributed by atoms with Gasteiger partial charge in [-0.2, -0.15) is 0 Å². The van der Waals surface area contributed by atoms with Crippen LogP contribution in [0.1, 0.15) is 23.2 Å². The molecule has 9 aromatic rings. The summed E-state index contributed by atoms with van der Waals surface area (Å²) in [5.74, 6) is 1.97. The molecule has 4 nitrogen and oxygen atoms in total. The number of aromatic nitrogens is 4. The van der Waals surface area contributed by atoms with Crippen molar-refractivity contribution in [1.82, 2.24) is 19.5 Å². The Morgan fingerprint density at radius 3 is 1.76 bits per heavy atom. The summed E-state index contributed by atoms with van der Waals surface area (Å²) in [5, 5.41) is 6.19. The van der Waals surface area contributed by atoms with Crippen LogP contribution >= 0.6 is 0 Å². The molecule has 4 heteroatoms. The number of rotatable bonds is 5. The van der Waals surface area contributed by atoms with Gasteiger partial charge in [-0.25, -0.2) is 15.0 Å². The quantitative estimate of drug-likeness (QED) is 0.174. The van der Waals surface area contributed by atoms with Crippen LogP contribution in [-0.2, 0) is 6.42 Å². The summed E-state index contributed by atoms with van der Waals surface area (Å²) in [4.78, 5) is 15.4. The van der Waals surface area contributed by atoms with Gasteiger partial charge in [0.05, 0.1) is 5.52 Å². The molecule has 10 rings (SSSR count). The Hall–Kier alpha value is -6.65. The second-order valence-corrected chi connectivity index (χ2v) is 13.1. The zero-order valence-corrected chi connectivity index (χ0v) is 27.9. The van der Waals surface area contributed by atoms with Gasteiger partial charge in [0, 0.05) is 39.0 Å². The van der Waals surface area contributed by atoms with Gasteiger partial charge in [0.1, 0.15) is 0 Å². The van der Waals surface area contributed by atoms with E-state index in [1.54, 1.807) is 0 Å². The lowest BCUT2D eigenvalue weighted by molar-refractivity contribution is 0.884. The van der Waals surface area contributed by atoms with Crippen LogP contribution in [0.4, 0.5) is 0 Å². The highest BCUT2D eigenvalue weighted by Crippen LogP contribution is 2.46. The van der Waals surface area contributed by atoms with Gasteiger partial charge >= 0.3 is 0 Å². The number of allylic oxidation sites excluding steroid dienone is 1. The highest BCUT2D eigenvalue weighted by molar-refractivity contribution is 6.16. The molecule has 0 saturated carbocycles. The molecule has 0 aliphatic heterocycles. The molecule has 240 valence electrons. The molecule has 2 heterocycles. The minimum Gasteiger partial charge on any atom is -0.313 e. The van der Waals surface area contributed by atoms with E-state index >= 15 is 0 Å². The lowest BCUT2D eigenvalue weighted by atomic mass is 9.84. The number of hydrogen-bond acceptors (Lipinski definition) is 3. The first kappa shape index (κ1) is 29.3. The fourth-order valence-corrected chi connectivity index (χ4v) is 7.88. The first-order valence-corrected chi connectivity index (χ1v) is 17.5. The molecular formula is C47H32N4. The highest BCUT2D eigenvalue weighted by atomic mass is 15.0. The van der Waals surface area contributed by atoms with Gasteiger partial charge in [0.25, 0.3) is 0 Å². The monoisotopic (exact) mass is 652 g/mol. The Labute approximate surface area is 296 Å². The highest BCUT2D eigenvalue weighted by Gasteiger charge is 2.28. The SMILES string of the molecule is C1=C(c2cc3ccccc3c3ccccc23)c2c(n(-c3ccccc3)c3cccc(-c4nc(-c5ccccc5)nc(-c5ccccc5)n4)c23)CC1. The third kappa shape index (κ3) is 4.87. The third-order valence-electron chi connectivity index (χ3n) is 10.1. The van der Waals surface area contributed by atoms with Crippen LogP contribution in [0.3, 0.4) is 0 Å². The molecule has 7 aromatic carbocycles. The zero-order valence-electron chi connectivity index (χ0n) is 27.9. The second-order valence-electron chi connectivity index (χ2n) is 13.1. The average molecular weight is 653 g/mol. The van der Waals surface area contributed by atoms with Gasteiger partial charge in [-0.15, -0.1) is 0 Å². The fourth-order valence-electron chi connectivity index (χ4n) is 7.88. The summed E-state index contributed by atoms with van der Waals surface area (Å²) < 4.78 is 2.46. The van der Waals surface area contributed by atoms with Crippen LogP contribution in [0.25, 0.3) is 77.9 Å². The van der Waals surface area contributed by atoms with Gasteiger partial charge in [0.15, 0.2) is 17.5 Å². The maximum absolute atomic E-state index is 5.22. The lowest BCUT2D eigenvalue weighted by Crippen LogP contribution is -2.06. The van der Waals surface area contributed by atoms with Gasteiger partial charge in [-0.1, -0.05) is 146 Å². The van der Waals surface area contributed by atoms with Gasteiger partial charge in [-0.05, 0) is 69.8 Å². The summed E-state index contributed by atoms with van der Waals surface area (Å²) in [6, 6.07) is 57.7. The van der Waals surface area contributed by atoms with Crippen LogP contribution in [0.2, 0.25) is 0 Å². The van der Waals surface area contributed by atoms with E-state index < -0.39 is 0 Å². The van der Waals surface area contributed by atoms with E-state index in [0.29, 0.717) is 17.5 Å². The van der Waals surface area contributed by atoms with Crippen molar-refractivity contribution in [2.24, 2.45) is 0 Å². The maximum Gasteiger partial charge on any atom is 0.164 e. The van der Waals surface area contributed by atoms with Gasteiger partial charge in [-0.3, -0.25) is 0 Å². The van der Waals surface area contributed by atoms with Crippen LogP contribution in [0, 0.1) is 0 Å². The maximum atomic E-state index is 5.22. The molecule has 2 aromatic heterocycles. The molecule has 0 radical (unpaired) electrons. The Balaban J connectivity index is 1.30. The van der Waals surface area contributed by atoms with Crippen LogP contribution in [-0.4, -0.2) is 19.5 Å². The summed E-state index contributed by atoms with van der Waals surface area (Å²) >= 11 is 0. The molecule has 1 aliphatic rings. The van der Waals surface area contributed by atoms with Crippen LogP contribution in [0.5, 0.6) is 0 Å². The largest absolute Gasteiger partial charge is 0.313 e. The van der Waals surface area contributed by atoms with Gasteiger partial charge < -0.3 is 4.57 Å². The van der Waals surface area contributed by atoms with Crippen LogP contribution < -0.4 is 0 Å². The fraction of sp³-hybridized carbons (Fsp3) is 0.0426. The Kier molecular flexibility index (Phi) is 6.91. The van der Waals surface area contributed by atoms with Gasteiger partial charge in [0.2, 0.25) is 0 Å². The Morgan fingerprint density at radius 1 is 0.471 bits per heavy atom. The molecule has 0 N–H and O–H groups in total. The molecule has 0 bridgehead atoms. The third-order valence-corrected chi connectivity index (χ3v) is 10.1. The Morgan fingerprint density at radius 2 is 1.06 bits per heavy atom. The van der Waals surface area contributed by atoms with Crippen molar-refractivity contribution >= 4 is 38.0 Å². The number of benzene rings is 7. The summed E-state index contributed by atoms with van der Waals surface area (Å²) in [5.41, 5.74) is 10.3. The average Bonchev–Trinajstić information content (AvgIpc) is 3.56.